The third-order valence-corrected chi connectivity index (χ3v) is 6.86. The minimum absolute atomic E-state index is 0.180. The number of likely N-dealkylation sites (tertiary alicyclic amines) is 1. The van der Waals surface area contributed by atoms with Crippen LogP contribution in [-0.2, 0) is 4.79 Å². The van der Waals surface area contributed by atoms with Crippen molar-refractivity contribution in [1.82, 2.24) is 25.2 Å². The fourth-order valence-corrected chi connectivity index (χ4v) is 5.51. The Morgan fingerprint density at radius 1 is 1.30 bits per heavy atom. The summed E-state index contributed by atoms with van der Waals surface area (Å²) in [7, 11) is 0. The number of aromatic nitrogens is 3. The van der Waals surface area contributed by atoms with Crippen molar-refractivity contribution < 1.29 is 4.79 Å². The summed E-state index contributed by atoms with van der Waals surface area (Å²) in [6.45, 7) is 4.78. The van der Waals surface area contributed by atoms with Crippen molar-refractivity contribution in [2.45, 2.75) is 38.3 Å². The van der Waals surface area contributed by atoms with Gasteiger partial charge in [-0.1, -0.05) is 0 Å². The molecule has 0 bridgehead atoms. The normalized spacial score (nSPS) is 25.6. The predicted molar refractivity (Wildman–Crippen MR) is 108 cm³/mol. The van der Waals surface area contributed by atoms with Crippen LogP contribution < -0.4 is 10.2 Å². The predicted octanol–water partition coefficient (Wildman–Crippen LogP) is 2.01. The first kappa shape index (κ1) is 17.1. The van der Waals surface area contributed by atoms with Gasteiger partial charge in [-0.2, -0.15) is 0 Å². The van der Waals surface area contributed by atoms with E-state index >= 15 is 0 Å². The summed E-state index contributed by atoms with van der Waals surface area (Å²) in [5.41, 5.74) is 1.96. The molecule has 2 N–H and O–H groups in total. The Morgan fingerprint density at radius 2 is 2.22 bits per heavy atom. The van der Waals surface area contributed by atoms with E-state index in [1.165, 1.54) is 6.42 Å². The van der Waals surface area contributed by atoms with Crippen LogP contribution in [0.15, 0.2) is 23.6 Å². The minimum atomic E-state index is 0.180. The molecule has 0 aromatic carbocycles. The second kappa shape index (κ2) is 6.83. The zero-order chi connectivity index (χ0) is 18.4. The highest BCUT2D eigenvalue weighted by Gasteiger charge is 2.38. The van der Waals surface area contributed by atoms with Gasteiger partial charge in [-0.15, -0.1) is 11.8 Å². The molecule has 1 amide bonds. The SMILES string of the molecule is Cc1c[nH]c2ncnc(N3C=C(C(=O)N4CCC[C@@H]5NCC[C@@H]54)SCC3)c12. The molecule has 5 heterocycles. The Hall–Kier alpha value is -2.06. The van der Waals surface area contributed by atoms with E-state index in [2.05, 4.69) is 37.0 Å². The molecule has 2 aromatic rings. The van der Waals surface area contributed by atoms with Crippen LogP contribution in [0.1, 0.15) is 24.8 Å². The number of piperidine rings is 1. The summed E-state index contributed by atoms with van der Waals surface area (Å²) in [6, 6.07) is 0.817. The van der Waals surface area contributed by atoms with Crippen molar-refractivity contribution in [3.05, 3.63) is 29.2 Å². The maximum Gasteiger partial charge on any atom is 0.262 e. The summed E-state index contributed by atoms with van der Waals surface area (Å²) in [4.78, 5) is 30.4. The van der Waals surface area contributed by atoms with Crippen molar-refractivity contribution in [3.63, 3.8) is 0 Å². The number of carbonyl (C=O) groups excluding carboxylic acids is 1. The van der Waals surface area contributed by atoms with Gasteiger partial charge in [-0.25, -0.2) is 9.97 Å². The number of nitrogens with one attached hydrogen (secondary N) is 2. The summed E-state index contributed by atoms with van der Waals surface area (Å²) in [6.07, 6.45) is 8.86. The van der Waals surface area contributed by atoms with Crippen LogP contribution in [0.4, 0.5) is 5.82 Å². The molecule has 0 saturated carbocycles. The highest BCUT2D eigenvalue weighted by Crippen LogP contribution is 2.33. The van der Waals surface area contributed by atoms with Crippen LogP contribution in [0.5, 0.6) is 0 Å². The molecule has 8 heteroatoms. The van der Waals surface area contributed by atoms with Crippen molar-refractivity contribution in [2.75, 3.05) is 30.3 Å². The van der Waals surface area contributed by atoms with Crippen LogP contribution in [0.25, 0.3) is 11.0 Å². The fourth-order valence-electron chi connectivity index (χ4n) is 4.56. The van der Waals surface area contributed by atoms with Crippen molar-refractivity contribution in [1.29, 1.82) is 0 Å². The highest BCUT2D eigenvalue weighted by molar-refractivity contribution is 8.04. The number of thioether (sulfide) groups is 1. The summed E-state index contributed by atoms with van der Waals surface area (Å²) < 4.78 is 0. The molecule has 2 atom stereocenters. The zero-order valence-electron chi connectivity index (χ0n) is 15.4. The van der Waals surface area contributed by atoms with Gasteiger partial charge in [-0.05, 0) is 38.3 Å². The van der Waals surface area contributed by atoms with E-state index in [0.29, 0.717) is 12.1 Å². The van der Waals surface area contributed by atoms with Gasteiger partial charge in [0.25, 0.3) is 5.91 Å². The number of carbonyl (C=O) groups is 1. The monoisotopic (exact) mass is 384 g/mol. The average Bonchev–Trinajstić information content (AvgIpc) is 3.34. The van der Waals surface area contributed by atoms with E-state index in [1.807, 2.05) is 12.4 Å². The Balaban J connectivity index is 1.45. The lowest BCUT2D eigenvalue weighted by Gasteiger charge is -2.38. The number of aromatic amines is 1. The maximum atomic E-state index is 13.3. The Morgan fingerprint density at radius 3 is 3.15 bits per heavy atom. The number of fused-ring (bicyclic) bond motifs is 2. The Kier molecular flexibility index (Phi) is 4.32. The van der Waals surface area contributed by atoms with Gasteiger partial charge in [0.05, 0.1) is 10.3 Å². The molecule has 5 rings (SSSR count). The minimum Gasteiger partial charge on any atom is -0.346 e. The molecule has 0 spiro atoms. The van der Waals surface area contributed by atoms with E-state index < -0.39 is 0 Å². The molecule has 0 unspecified atom stereocenters. The number of amides is 1. The number of rotatable bonds is 2. The molecule has 27 heavy (non-hydrogen) atoms. The van der Waals surface area contributed by atoms with Gasteiger partial charge in [-0.3, -0.25) is 4.79 Å². The molecule has 0 aliphatic carbocycles. The molecular formula is C19H24N6OS. The van der Waals surface area contributed by atoms with Gasteiger partial charge in [0.15, 0.2) is 0 Å². The number of anilines is 1. The van der Waals surface area contributed by atoms with Gasteiger partial charge >= 0.3 is 0 Å². The summed E-state index contributed by atoms with van der Waals surface area (Å²) in [5.74, 6) is 1.94. The number of aryl methyl sites for hydroxylation is 1. The van der Waals surface area contributed by atoms with Gasteiger partial charge < -0.3 is 20.1 Å². The lowest BCUT2D eigenvalue weighted by atomic mass is 9.97. The van der Waals surface area contributed by atoms with Crippen LogP contribution in [-0.4, -0.2) is 63.2 Å². The molecule has 3 aliphatic rings. The third kappa shape index (κ3) is 2.91. The van der Waals surface area contributed by atoms with E-state index in [1.54, 1.807) is 18.1 Å². The van der Waals surface area contributed by atoms with E-state index in [0.717, 1.165) is 65.5 Å². The first-order valence-corrected chi connectivity index (χ1v) is 10.7. The first-order chi connectivity index (χ1) is 13.2. The molecule has 2 fully saturated rings. The second-order valence-electron chi connectivity index (χ2n) is 7.49. The largest absolute Gasteiger partial charge is 0.346 e. The molecule has 0 radical (unpaired) electrons. The quantitative estimate of drug-likeness (QED) is 0.825. The van der Waals surface area contributed by atoms with Crippen molar-refractivity contribution in [3.8, 4) is 0 Å². The molecular weight excluding hydrogens is 360 g/mol. The van der Waals surface area contributed by atoms with Gasteiger partial charge in [0, 0.05) is 43.3 Å². The highest BCUT2D eigenvalue weighted by atomic mass is 32.2. The van der Waals surface area contributed by atoms with E-state index in [9.17, 15) is 4.79 Å². The summed E-state index contributed by atoms with van der Waals surface area (Å²) in [5, 5.41) is 4.59. The first-order valence-electron chi connectivity index (χ1n) is 9.66. The lowest BCUT2D eigenvalue weighted by molar-refractivity contribution is -0.130. The molecule has 2 aromatic heterocycles. The molecule has 3 aliphatic heterocycles. The summed E-state index contributed by atoms with van der Waals surface area (Å²) >= 11 is 1.67. The Labute approximate surface area is 162 Å². The fraction of sp³-hybridized carbons (Fsp3) is 0.526. The van der Waals surface area contributed by atoms with Crippen LogP contribution in [0, 0.1) is 6.92 Å². The van der Waals surface area contributed by atoms with Gasteiger partial charge in [0.2, 0.25) is 0 Å². The molecule has 7 nitrogen and oxygen atoms in total. The standard InChI is InChI=1S/C19H24N6OS/c1-12-9-21-17-16(12)18(23-11-22-17)24-7-8-27-15(10-24)19(26)25-6-2-3-13-14(25)4-5-20-13/h9-11,13-14,20H,2-8H2,1H3,(H,21,22,23)/t13-,14-/m0/s1. The number of H-pyrrole nitrogens is 1. The third-order valence-electron chi connectivity index (χ3n) is 5.88. The zero-order valence-corrected chi connectivity index (χ0v) is 16.3. The molecule has 142 valence electrons. The number of hydrogen-bond acceptors (Lipinski definition) is 6. The van der Waals surface area contributed by atoms with Crippen LogP contribution in [0.3, 0.4) is 0 Å². The average molecular weight is 385 g/mol. The maximum absolute atomic E-state index is 13.3. The second-order valence-corrected chi connectivity index (χ2v) is 8.62. The smallest absolute Gasteiger partial charge is 0.262 e. The van der Waals surface area contributed by atoms with Crippen molar-refractivity contribution >= 4 is 34.5 Å². The molecule has 2 saturated heterocycles. The Bertz CT molecular complexity index is 909. The topological polar surface area (TPSA) is 77.2 Å². The van der Waals surface area contributed by atoms with Crippen LogP contribution >= 0.6 is 11.8 Å². The lowest BCUT2D eigenvalue weighted by Crippen LogP contribution is -2.51. The number of hydrogen-bond donors (Lipinski definition) is 2. The number of nitrogens with zero attached hydrogens (tertiary/aromatic N) is 4. The van der Waals surface area contributed by atoms with E-state index in [-0.39, 0.29) is 5.91 Å². The van der Waals surface area contributed by atoms with Gasteiger partial charge in [0.1, 0.15) is 17.8 Å². The van der Waals surface area contributed by atoms with E-state index in [4.69, 9.17) is 0 Å². The van der Waals surface area contributed by atoms with Crippen molar-refractivity contribution in [2.24, 2.45) is 0 Å². The van der Waals surface area contributed by atoms with Crippen LogP contribution in [0.2, 0.25) is 0 Å².